The van der Waals surface area contributed by atoms with Gasteiger partial charge in [0.2, 0.25) is 0 Å². The average molecular weight is 561 g/mol. The second kappa shape index (κ2) is 16.6. The molecule has 0 saturated heterocycles. The molecular formula is C35H52N4S. The Labute approximate surface area is 247 Å². The monoisotopic (exact) mass is 560 g/mol. The van der Waals surface area contributed by atoms with Crippen molar-refractivity contribution in [3.8, 4) is 0 Å². The number of nitrogens with one attached hydrogen (secondary N) is 1. The molecule has 2 atom stereocenters. The smallest absolute Gasteiger partial charge is 0.150 e. The van der Waals surface area contributed by atoms with Gasteiger partial charge in [0.15, 0.2) is 0 Å². The number of nitrogens with zero attached hydrogens (tertiary/aromatic N) is 2. The Balaban J connectivity index is 0.000000238. The van der Waals surface area contributed by atoms with Crippen LogP contribution in [0.15, 0.2) is 66.4 Å². The largest absolute Gasteiger partial charge is 0.383 e. The predicted molar refractivity (Wildman–Crippen MR) is 178 cm³/mol. The van der Waals surface area contributed by atoms with Gasteiger partial charge in [0.05, 0.1) is 4.70 Å². The summed E-state index contributed by atoms with van der Waals surface area (Å²) in [6.45, 7) is 14.1. The topological polar surface area (TPSA) is 54.2 Å². The fraction of sp³-hybridized carbons (Fsp3) is 0.514. The number of hydrogen-bond donors (Lipinski definition) is 2. The van der Waals surface area contributed by atoms with E-state index in [1.807, 2.05) is 0 Å². The van der Waals surface area contributed by atoms with Gasteiger partial charge in [-0.3, -0.25) is 0 Å². The van der Waals surface area contributed by atoms with E-state index in [2.05, 4.69) is 116 Å². The first-order valence-electron chi connectivity index (χ1n) is 15.5. The minimum Gasteiger partial charge on any atom is -0.383 e. The van der Waals surface area contributed by atoms with Gasteiger partial charge in [0.25, 0.3) is 0 Å². The van der Waals surface area contributed by atoms with Crippen LogP contribution in [0.1, 0.15) is 90.2 Å². The summed E-state index contributed by atoms with van der Waals surface area (Å²) in [6, 6.07) is 17.1. The molecule has 2 aromatic carbocycles. The maximum absolute atomic E-state index is 6.77. The van der Waals surface area contributed by atoms with E-state index in [9.17, 15) is 0 Å². The lowest BCUT2D eigenvalue weighted by atomic mass is 9.72. The molecule has 1 saturated carbocycles. The van der Waals surface area contributed by atoms with E-state index in [1.54, 1.807) is 11.5 Å². The molecule has 3 aromatic rings. The normalized spacial score (nSPS) is 19.4. The molecular weight excluding hydrogens is 508 g/mol. The zero-order valence-electron chi connectivity index (χ0n) is 25.6. The number of rotatable bonds is 12. The van der Waals surface area contributed by atoms with Gasteiger partial charge in [0, 0.05) is 36.3 Å². The molecule has 218 valence electrons. The number of fused-ring (bicyclic) bond motifs is 1. The molecule has 3 N–H and O–H groups in total. The minimum absolute atomic E-state index is 0.0585. The minimum atomic E-state index is -0.0585. The Bertz CT molecular complexity index is 1210. The number of aryl methyl sites for hydroxylation is 1. The van der Waals surface area contributed by atoms with E-state index in [1.165, 1.54) is 71.3 Å². The molecule has 1 fully saturated rings. The van der Waals surface area contributed by atoms with E-state index in [4.69, 9.17) is 5.73 Å². The van der Waals surface area contributed by atoms with E-state index in [-0.39, 0.29) is 5.54 Å². The molecule has 1 aromatic heterocycles. The quantitative estimate of drug-likeness (QED) is 0.217. The Morgan fingerprint density at radius 2 is 1.85 bits per heavy atom. The van der Waals surface area contributed by atoms with Crippen LogP contribution >= 0.6 is 11.5 Å². The van der Waals surface area contributed by atoms with Crippen molar-refractivity contribution in [2.24, 2.45) is 11.7 Å². The Morgan fingerprint density at radius 3 is 2.55 bits per heavy atom. The van der Waals surface area contributed by atoms with Gasteiger partial charge in [-0.2, -0.15) is 4.37 Å². The van der Waals surface area contributed by atoms with Gasteiger partial charge in [0.1, 0.15) is 5.82 Å². The van der Waals surface area contributed by atoms with Crippen LogP contribution in [0.3, 0.4) is 0 Å². The molecule has 0 bridgehead atoms. The summed E-state index contributed by atoms with van der Waals surface area (Å²) in [4.78, 5) is 2.40. The summed E-state index contributed by atoms with van der Waals surface area (Å²) in [6.07, 6.45) is 16.2. The summed E-state index contributed by atoms with van der Waals surface area (Å²) >= 11 is 1.60. The fourth-order valence-corrected chi connectivity index (χ4v) is 6.59. The predicted octanol–water partition coefficient (Wildman–Crippen LogP) is 9.11. The van der Waals surface area contributed by atoms with Crippen molar-refractivity contribution in [3.63, 3.8) is 0 Å². The summed E-state index contributed by atoms with van der Waals surface area (Å²) in [7, 11) is 0. The van der Waals surface area contributed by atoms with Crippen molar-refractivity contribution in [3.05, 3.63) is 77.5 Å². The number of aromatic nitrogens is 1. The Hall–Kier alpha value is -2.63. The molecule has 40 heavy (non-hydrogen) atoms. The molecule has 5 heteroatoms. The Morgan fingerprint density at radius 1 is 1.07 bits per heavy atom. The van der Waals surface area contributed by atoms with Crippen LogP contribution < -0.4 is 16.0 Å². The number of benzene rings is 2. The van der Waals surface area contributed by atoms with Crippen LogP contribution in [-0.2, 0) is 0 Å². The van der Waals surface area contributed by atoms with Crippen LogP contribution in [0.2, 0.25) is 0 Å². The highest BCUT2D eigenvalue weighted by Crippen LogP contribution is 2.34. The van der Waals surface area contributed by atoms with Crippen LogP contribution in [0.25, 0.3) is 16.2 Å². The third-order valence-electron chi connectivity index (χ3n) is 7.94. The first-order valence-corrected chi connectivity index (χ1v) is 16.3. The van der Waals surface area contributed by atoms with Crippen LogP contribution in [0.4, 0.5) is 5.82 Å². The molecule has 1 aliphatic rings. The van der Waals surface area contributed by atoms with Crippen LogP contribution in [0.5, 0.6) is 0 Å². The number of nitrogens with two attached hydrogens (primary N) is 1. The zero-order valence-corrected chi connectivity index (χ0v) is 26.4. The standard InChI is InChI=1S/C22H34N2.C13H18N2S/c1-4-9-21(14-13-19-11-8-10-18(3)16-19)24-17-22(23)15-7-6-12-20(22)5-2;1-3-9-15(10-4-2)13-11-7-5-6-8-12(11)16-14-13/h8-11,13-14,16,20,24H,4-7,12,15,17,23H2,1-3H3;5-8H,3-4,9-10H2,1-2H3/b14-13+,21-9+;. The molecule has 0 spiro atoms. The van der Waals surface area contributed by atoms with E-state index >= 15 is 0 Å². The lowest BCUT2D eigenvalue weighted by Gasteiger charge is -2.41. The van der Waals surface area contributed by atoms with E-state index in [0.29, 0.717) is 5.92 Å². The van der Waals surface area contributed by atoms with Gasteiger partial charge in [-0.1, -0.05) is 101 Å². The fourth-order valence-electron chi connectivity index (χ4n) is 5.79. The van der Waals surface area contributed by atoms with Crippen molar-refractivity contribution in [2.45, 2.75) is 91.5 Å². The molecule has 0 aliphatic heterocycles. The van der Waals surface area contributed by atoms with Gasteiger partial charge < -0.3 is 16.0 Å². The molecule has 1 aliphatic carbocycles. The van der Waals surface area contributed by atoms with Crippen molar-refractivity contribution < 1.29 is 0 Å². The molecule has 1 heterocycles. The summed E-state index contributed by atoms with van der Waals surface area (Å²) in [5.74, 6) is 1.81. The van der Waals surface area contributed by atoms with Crippen molar-refractivity contribution in [1.82, 2.24) is 9.69 Å². The van der Waals surface area contributed by atoms with Crippen molar-refractivity contribution >= 4 is 33.5 Å². The molecule has 4 nitrogen and oxygen atoms in total. The number of allylic oxidation sites excluding steroid dienone is 2. The maximum atomic E-state index is 6.77. The van der Waals surface area contributed by atoms with Crippen molar-refractivity contribution in [1.29, 1.82) is 0 Å². The average Bonchev–Trinajstić information content (AvgIpc) is 3.39. The maximum Gasteiger partial charge on any atom is 0.150 e. The third kappa shape index (κ3) is 9.21. The highest BCUT2D eigenvalue weighted by molar-refractivity contribution is 7.13. The first kappa shape index (κ1) is 31.9. The SMILES string of the molecule is CC/C=C(\C=C\c1cccc(C)c1)NCC1(N)CCCCC1CC.CCCN(CCC)c1nsc2ccccc12. The molecule has 4 rings (SSSR count). The summed E-state index contributed by atoms with van der Waals surface area (Å²) < 4.78 is 5.89. The zero-order chi connectivity index (χ0) is 28.8. The third-order valence-corrected chi connectivity index (χ3v) is 8.76. The second-order valence-electron chi connectivity index (χ2n) is 11.2. The van der Waals surface area contributed by atoms with E-state index in [0.717, 1.165) is 32.5 Å². The number of anilines is 1. The summed E-state index contributed by atoms with van der Waals surface area (Å²) in [5.41, 5.74) is 10.4. The summed E-state index contributed by atoms with van der Waals surface area (Å²) in [5, 5.41) is 4.93. The lowest BCUT2D eigenvalue weighted by Crippen LogP contribution is -2.55. The first-order chi connectivity index (χ1) is 19.4. The molecule has 2 unspecified atom stereocenters. The Kier molecular flexibility index (Phi) is 13.2. The highest BCUT2D eigenvalue weighted by atomic mass is 32.1. The van der Waals surface area contributed by atoms with Crippen molar-refractivity contribution in [2.75, 3.05) is 24.5 Å². The van der Waals surface area contributed by atoms with Gasteiger partial charge in [-0.05, 0) is 80.3 Å². The van der Waals surface area contributed by atoms with Gasteiger partial charge >= 0.3 is 0 Å². The molecule has 0 radical (unpaired) electrons. The highest BCUT2D eigenvalue weighted by Gasteiger charge is 2.35. The second-order valence-corrected chi connectivity index (χ2v) is 12.0. The lowest BCUT2D eigenvalue weighted by molar-refractivity contribution is 0.182. The van der Waals surface area contributed by atoms with Gasteiger partial charge in [-0.15, -0.1) is 0 Å². The van der Waals surface area contributed by atoms with E-state index < -0.39 is 0 Å². The van der Waals surface area contributed by atoms with Gasteiger partial charge in [-0.25, -0.2) is 0 Å². The number of hydrogen-bond acceptors (Lipinski definition) is 5. The van der Waals surface area contributed by atoms with Crippen LogP contribution in [-0.4, -0.2) is 29.5 Å². The molecule has 0 amide bonds. The van der Waals surface area contributed by atoms with Crippen LogP contribution in [0, 0.1) is 12.8 Å².